The summed E-state index contributed by atoms with van der Waals surface area (Å²) >= 11 is 1.57. The Morgan fingerprint density at radius 1 is 1.38 bits per heavy atom. The molecule has 0 radical (unpaired) electrons. The molecule has 1 amide bonds. The number of aliphatic hydroxyl groups is 1. The molecule has 0 saturated heterocycles. The monoisotopic (exact) mass is 344 g/mol. The van der Waals surface area contributed by atoms with Crippen molar-refractivity contribution in [3.05, 3.63) is 40.9 Å². The van der Waals surface area contributed by atoms with Crippen LogP contribution in [-0.4, -0.2) is 40.6 Å². The zero-order chi connectivity index (χ0) is 17.1. The van der Waals surface area contributed by atoms with E-state index in [0.29, 0.717) is 12.5 Å². The van der Waals surface area contributed by atoms with Gasteiger partial charge in [-0.25, -0.2) is 4.98 Å². The van der Waals surface area contributed by atoms with Crippen LogP contribution in [0.4, 0.5) is 0 Å². The molecule has 2 aromatic rings. The van der Waals surface area contributed by atoms with Crippen molar-refractivity contribution in [3.63, 3.8) is 0 Å². The molecule has 1 aromatic heterocycles. The standard InChI is InChI=1S/C19H24N2O2S/c1-3-13-4-6-15(7-5-13)19-20-16(12-24-19)10-18(23)21(2)11-17(22)14-8-9-14/h4-7,12,14,17,22H,3,8-11H2,1-2H3. The van der Waals surface area contributed by atoms with Crippen LogP contribution in [0, 0.1) is 5.92 Å². The van der Waals surface area contributed by atoms with E-state index in [2.05, 4.69) is 36.2 Å². The second-order valence-electron chi connectivity index (χ2n) is 6.55. The summed E-state index contributed by atoms with van der Waals surface area (Å²) in [5.41, 5.74) is 3.20. The third kappa shape index (κ3) is 4.22. The van der Waals surface area contributed by atoms with Crippen LogP contribution in [-0.2, 0) is 17.6 Å². The molecule has 1 N–H and O–H groups in total. The highest BCUT2D eigenvalue weighted by Crippen LogP contribution is 2.32. The zero-order valence-corrected chi connectivity index (χ0v) is 15.1. The molecule has 0 bridgehead atoms. The second-order valence-corrected chi connectivity index (χ2v) is 7.41. The quantitative estimate of drug-likeness (QED) is 0.839. The highest BCUT2D eigenvalue weighted by atomic mass is 32.1. The number of aryl methyl sites for hydroxylation is 1. The Kier molecular flexibility index (Phi) is 5.31. The normalized spacial score (nSPS) is 15.3. The molecule has 5 heteroatoms. The first-order valence-corrected chi connectivity index (χ1v) is 9.40. The van der Waals surface area contributed by atoms with Gasteiger partial charge in [0.15, 0.2) is 0 Å². The van der Waals surface area contributed by atoms with E-state index in [4.69, 9.17) is 0 Å². The molecule has 24 heavy (non-hydrogen) atoms. The summed E-state index contributed by atoms with van der Waals surface area (Å²) in [5.74, 6) is 0.394. The van der Waals surface area contributed by atoms with Crippen LogP contribution in [0.5, 0.6) is 0 Å². The van der Waals surface area contributed by atoms with E-state index in [-0.39, 0.29) is 18.4 Å². The van der Waals surface area contributed by atoms with E-state index < -0.39 is 0 Å². The lowest BCUT2D eigenvalue weighted by Gasteiger charge is -2.20. The molecule has 4 nitrogen and oxygen atoms in total. The highest BCUT2D eigenvalue weighted by Gasteiger charge is 2.31. The highest BCUT2D eigenvalue weighted by molar-refractivity contribution is 7.13. The van der Waals surface area contributed by atoms with Gasteiger partial charge in [0.1, 0.15) is 5.01 Å². The summed E-state index contributed by atoms with van der Waals surface area (Å²) in [4.78, 5) is 18.5. The lowest BCUT2D eigenvalue weighted by atomic mass is 10.1. The molecule has 0 aliphatic heterocycles. The van der Waals surface area contributed by atoms with Gasteiger partial charge in [0.05, 0.1) is 18.2 Å². The summed E-state index contributed by atoms with van der Waals surface area (Å²) < 4.78 is 0. The number of benzene rings is 1. The predicted octanol–water partition coefficient (Wildman–Crippen LogP) is 3.14. The molecule has 1 aliphatic rings. The van der Waals surface area contributed by atoms with Crippen molar-refractivity contribution in [2.45, 2.75) is 38.7 Å². The van der Waals surface area contributed by atoms with Crippen LogP contribution in [0.2, 0.25) is 0 Å². The van der Waals surface area contributed by atoms with E-state index in [1.807, 2.05) is 5.38 Å². The molecule has 1 saturated carbocycles. The van der Waals surface area contributed by atoms with Crippen LogP contribution in [0.15, 0.2) is 29.6 Å². The van der Waals surface area contributed by atoms with Gasteiger partial charge in [0.2, 0.25) is 5.91 Å². The number of aliphatic hydroxyl groups excluding tert-OH is 1. The first kappa shape index (κ1) is 17.1. The number of nitrogens with zero attached hydrogens (tertiary/aromatic N) is 2. The van der Waals surface area contributed by atoms with Crippen molar-refractivity contribution in [1.29, 1.82) is 0 Å². The minimum atomic E-state index is -0.387. The van der Waals surface area contributed by atoms with Crippen molar-refractivity contribution in [3.8, 4) is 10.6 Å². The molecule has 1 heterocycles. The first-order chi connectivity index (χ1) is 11.6. The SMILES string of the molecule is CCc1ccc(-c2nc(CC(=O)N(C)CC(O)C3CC3)cs2)cc1. The topological polar surface area (TPSA) is 53.4 Å². The molecule has 128 valence electrons. The maximum Gasteiger partial charge on any atom is 0.228 e. The molecule has 3 rings (SSSR count). The van der Waals surface area contributed by atoms with Crippen molar-refractivity contribution >= 4 is 17.2 Å². The van der Waals surface area contributed by atoms with Gasteiger partial charge in [-0.15, -0.1) is 11.3 Å². The number of rotatable bonds is 7. The molecular formula is C19H24N2O2S. The Labute approximate surface area is 147 Å². The maximum atomic E-state index is 12.3. The predicted molar refractivity (Wildman–Crippen MR) is 97.0 cm³/mol. The van der Waals surface area contributed by atoms with E-state index in [1.165, 1.54) is 5.56 Å². The lowest BCUT2D eigenvalue weighted by Crippen LogP contribution is -2.36. The van der Waals surface area contributed by atoms with E-state index in [9.17, 15) is 9.90 Å². The Morgan fingerprint density at radius 2 is 2.08 bits per heavy atom. The van der Waals surface area contributed by atoms with Gasteiger partial charge in [0, 0.05) is 24.5 Å². The average Bonchev–Trinajstić information content (AvgIpc) is 3.35. The molecule has 1 atom stereocenters. The number of likely N-dealkylation sites (N-methyl/N-ethyl adjacent to an activating group) is 1. The number of hydrogen-bond donors (Lipinski definition) is 1. The number of carbonyl (C=O) groups excluding carboxylic acids is 1. The fourth-order valence-corrected chi connectivity index (χ4v) is 3.53. The van der Waals surface area contributed by atoms with Gasteiger partial charge in [-0.05, 0) is 30.7 Å². The lowest BCUT2D eigenvalue weighted by molar-refractivity contribution is -0.130. The molecular weight excluding hydrogens is 320 g/mol. The van der Waals surface area contributed by atoms with Crippen LogP contribution in [0.25, 0.3) is 10.6 Å². The van der Waals surface area contributed by atoms with Crippen LogP contribution >= 0.6 is 11.3 Å². The molecule has 0 spiro atoms. The van der Waals surface area contributed by atoms with Crippen molar-refractivity contribution < 1.29 is 9.90 Å². The largest absolute Gasteiger partial charge is 0.391 e. The number of hydrogen-bond acceptors (Lipinski definition) is 4. The summed E-state index contributed by atoms with van der Waals surface area (Å²) in [6.07, 6.45) is 3.08. The third-order valence-electron chi connectivity index (χ3n) is 4.55. The molecule has 1 aromatic carbocycles. The summed E-state index contributed by atoms with van der Waals surface area (Å²) in [7, 11) is 1.75. The van der Waals surface area contributed by atoms with E-state index in [0.717, 1.165) is 35.5 Å². The van der Waals surface area contributed by atoms with Gasteiger partial charge in [-0.3, -0.25) is 4.79 Å². The van der Waals surface area contributed by atoms with Gasteiger partial charge in [-0.1, -0.05) is 31.2 Å². The number of thiazole rings is 1. The van der Waals surface area contributed by atoms with Crippen LogP contribution in [0.3, 0.4) is 0 Å². The number of carbonyl (C=O) groups is 1. The second kappa shape index (κ2) is 7.45. The minimum Gasteiger partial charge on any atom is -0.391 e. The Morgan fingerprint density at radius 3 is 2.71 bits per heavy atom. The third-order valence-corrected chi connectivity index (χ3v) is 5.49. The van der Waals surface area contributed by atoms with Gasteiger partial charge in [0.25, 0.3) is 0 Å². The van der Waals surface area contributed by atoms with Crippen molar-refractivity contribution in [1.82, 2.24) is 9.88 Å². The summed E-state index contributed by atoms with van der Waals surface area (Å²) in [6.45, 7) is 2.55. The van der Waals surface area contributed by atoms with Crippen molar-refractivity contribution in [2.75, 3.05) is 13.6 Å². The van der Waals surface area contributed by atoms with Crippen LogP contribution in [0.1, 0.15) is 31.0 Å². The summed E-state index contributed by atoms with van der Waals surface area (Å²) in [6, 6.07) is 8.41. The Bertz CT molecular complexity index is 692. The maximum absolute atomic E-state index is 12.3. The number of aromatic nitrogens is 1. The van der Waals surface area contributed by atoms with Gasteiger partial charge in [-0.2, -0.15) is 0 Å². The minimum absolute atomic E-state index is 0.00730. The fraction of sp³-hybridized carbons (Fsp3) is 0.474. The van der Waals surface area contributed by atoms with E-state index in [1.54, 1.807) is 23.3 Å². The molecule has 1 fully saturated rings. The molecule has 1 aliphatic carbocycles. The van der Waals surface area contributed by atoms with Crippen molar-refractivity contribution in [2.24, 2.45) is 5.92 Å². The first-order valence-electron chi connectivity index (χ1n) is 8.52. The molecule has 1 unspecified atom stereocenters. The summed E-state index contributed by atoms with van der Waals surface area (Å²) in [5, 5.41) is 12.9. The van der Waals surface area contributed by atoms with Gasteiger partial charge < -0.3 is 10.0 Å². The van der Waals surface area contributed by atoms with Gasteiger partial charge >= 0.3 is 0 Å². The Balaban J connectivity index is 1.59. The van der Waals surface area contributed by atoms with Crippen LogP contribution < -0.4 is 0 Å². The smallest absolute Gasteiger partial charge is 0.228 e. The fourth-order valence-electron chi connectivity index (χ4n) is 2.71. The Hall–Kier alpha value is -1.72. The number of amides is 1. The van der Waals surface area contributed by atoms with E-state index >= 15 is 0 Å². The average molecular weight is 344 g/mol. The zero-order valence-electron chi connectivity index (χ0n) is 14.2.